The summed E-state index contributed by atoms with van der Waals surface area (Å²) in [6.45, 7) is 1.45. The van der Waals surface area contributed by atoms with E-state index in [1.165, 1.54) is 32.4 Å². The van der Waals surface area contributed by atoms with Crippen LogP contribution in [0.5, 0.6) is 5.75 Å². The Kier molecular flexibility index (Phi) is 7.52. The molecule has 2 rings (SSSR count). The van der Waals surface area contributed by atoms with E-state index in [1.54, 1.807) is 24.3 Å². The molecule has 0 aliphatic carbocycles. The molecule has 2 aromatic rings. The van der Waals surface area contributed by atoms with Gasteiger partial charge in [0.1, 0.15) is 10.6 Å². The number of sulfonamides is 1. The van der Waals surface area contributed by atoms with Crippen molar-refractivity contribution in [1.29, 1.82) is 0 Å². The molecule has 154 valence electrons. The van der Waals surface area contributed by atoms with Crippen LogP contribution in [0.25, 0.3) is 6.08 Å². The highest BCUT2D eigenvalue weighted by molar-refractivity contribution is 7.89. The minimum atomic E-state index is -3.73. The van der Waals surface area contributed by atoms with Crippen LogP contribution in [0.1, 0.15) is 11.1 Å². The lowest BCUT2D eigenvalue weighted by Gasteiger charge is -2.09. The first kappa shape index (κ1) is 22.1. The Hall–Kier alpha value is -3.17. The van der Waals surface area contributed by atoms with Crippen LogP contribution in [-0.4, -0.2) is 41.1 Å². The molecule has 9 heteroatoms. The Bertz CT molecular complexity index is 1030. The van der Waals surface area contributed by atoms with Crippen molar-refractivity contribution in [3.05, 3.63) is 59.7 Å². The molecule has 2 N–H and O–H groups in total. The van der Waals surface area contributed by atoms with E-state index in [2.05, 4.69) is 10.0 Å². The summed E-state index contributed by atoms with van der Waals surface area (Å²) in [5.41, 5.74) is 2.04. The van der Waals surface area contributed by atoms with Gasteiger partial charge in [-0.05, 0) is 55.4 Å². The van der Waals surface area contributed by atoms with Gasteiger partial charge in [-0.15, -0.1) is 0 Å². The average molecular weight is 418 g/mol. The zero-order valence-electron chi connectivity index (χ0n) is 16.3. The maximum absolute atomic E-state index is 12.1. The maximum Gasteiger partial charge on any atom is 0.331 e. The summed E-state index contributed by atoms with van der Waals surface area (Å²) >= 11 is 0. The second kappa shape index (κ2) is 9.85. The molecule has 0 radical (unpaired) electrons. The zero-order chi connectivity index (χ0) is 21.4. The van der Waals surface area contributed by atoms with E-state index in [0.717, 1.165) is 11.6 Å². The predicted octanol–water partition coefficient (Wildman–Crippen LogP) is 2.11. The Morgan fingerprint density at radius 3 is 2.55 bits per heavy atom. The predicted molar refractivity (Wildman–Crippen MR) is 109 cm³/mol. The van der Waals surface area contributed by atoms with E-state index in [9.17, 15) is 18.0 Å². The summed E-state index contributed by atoms with van der Waals surface area (Å²) in [6, 6.07) is 11.6. The van der Waals surface area contributed by atoms with Gasteiger partial charge >= 0.3 is 5.97 Å². The van der Waals surface area contributed by atoms with Crippen LogP contribution in [0.15, 0.2) is 53.4 Å². The van der Waals surface area contributed by atoms with Gasteiger partial charge in [0, 0.05) is 11.8 Å². The van der Waals surface area contributed by atoms with E-state index >= 15 is 0 Å². The molecule has 0 heterocycles. The molecule has 2 aromatic carbocycles. The van der Waals surface area contributed by atoms with E-state index in [-0.39, 0.29) is 10.6 Å². The number of aryl methyl sites for hydroxylation is 1. The Morgan fingerprint density at radius 1 is 1.14 bits per heavy atom. The number of hydrogen-bond acceptors (Lipinski definition) is 6. The summed E-state index contributed by atoms with van der Waals surface area (Å²) in [5.74, 6) is -1.03. The highest BCUT2D eigenvalue weighted by Gasteiger charge is 2.17. The third-order valence-electron chi connectivity index (χ3n) is 3.81. The Morgan fingerprint density at radius 2 is 1.90 bits per heavy atom. The van der Waals surface area contributed by atoms with Crippen LogP contribution in [0, 0.1) is 6.92 Å². The van der Waals surface area contributed by atoms with Crippen LogP contribution in [0.4, 0.5) is 5.69 Å². The summed E-state index contributed by atoms with van der Waals surface area (Å²) in [5, 5.41) is 2.63. The van der Waals surface area contributed by atoms with Gasteiger partial charge in [0.15, 0.2) is 6.61 Å². The number of benzene rings is 2. The van der Waals surface area contributed by atoms with Gasteiger partial charge in [-0.2, -0.15) is 0 Å². The van der Waals surface area contributed by atoms with E-state index < -0.39 is 28.5 Å². The fourth-order valence-corrected chi connectivity index (χ4v) is 3.31. The lowest BCUT2D eigenvalue weighted by molar-refractivity contribution is -0.142. The summed E-state index contributed by atoms with van der Waals surface area (Å²) in [7, 11) is -1.09. The number of ether oxygens (including phenoxy) is 2. The SMILES string of the molecule is CNS(=O)(=O)c1cc(/C=C/C(=O)OCC(=O)Nc2cccc(C)c2)ccc1OC. The van der Waals surface area contributed by atoms with Crippen molar-refractivity contribution in [3.8, 4) is 5.75 Å². The van der Waals surface area contributed by atoms with Crippen LogP contribution < -0.4 is 14.8 Å². The molecular weight excluding hydrogens is 396 g/mol. The average Bonchev–Trinajstić information content (AvgIpc) is 2.70. The summed E-state index contributed by atoms with van der Waals surface area (Å²) in [6.07, 6.45) is 2.49. The van der Waals surface area contributed by atoms with Gasteiger partial charge in [-0.3, -0.25) is 4.79 Å². The maximum atomic E-state index is 12.1. The molecule has 0 aliphatic rings. The fourth-order valence-electron chi connectivity index (χ4n) is 2.39. The lowest BCUT2D eigenvalue weighted by atomic mass is 10.2. The van der Waals surface area contributed by atoms with E-state index in [4.69, 9.17) is 9.47 Å². The number of amides is 1. The summed E-state index contributed by atoms with van der Waals surface area (Å²) < 4.78 is 36.3. The van der Waals surface area contributed by atoms with Crippen molar-refractivity contribution >= 4 is 33.7 Å². The van der Waals surface area contributed by atoms with Crippen molar-refractivity contribution in [1.82, 2.24) is 4.72 Å². The largest absolute Gasteiger partial charge is 0.495 e. The second-order valence-corrected chi connectivity index (χ2v) is 7.83. The van der Waals surface area contributed by atoms with Crippen LogP contribution in [0.3, 0.4) is 0 Å². The first-order chi connectivity index (χ1) is 13.7. The van der Waals surface area contributed by atoms with Crippen molar-refractivity contribution in [2.45, 2.75) is 11.8 Å². The van der Waals surface area contributed by atoms with Crippen LogP contribution in [0.2, 0.25) is 0 Å². The lowest BCUT2D eigenvalue weighted by Crippen LogP contribution is -2.20. The van der Waals surface area contributed by atoms with Gasteiger partial charge in [-0.1, -0.05) is 18.2 Å². The van der Waals surface area contributed by atoms with Crippen molar-refractivity contribution in [3.63, 3.8) is 0 Å². The van der Waals surface area contributed by atoms with E-state index in [1.807, 2.05) is 13.0 Å². The Labute approximate surface area is 169 Å². The number of hydrogen-bond donors (Lipinski definition) is 2. The van der Waals surface area contributed by atoms with Gasteiger partial charge < -0.3 is 14.8 Å². The number of anilines is 1. The third kappa shape index (κ3) is 6.44. The molecule has 8 nitrogen and oxygen atoms in total. The van der Waals surface area contributed by atoms with Gasteiger partial charge in [-0.25, -0.2) is 17.9 Å². The minimum absolute atomic E-state index is 0.0597. The number of nitrogens with one attached hydrogen (secondary N) is 2. The Balaban J connectivity index is 1.98. The third-order valence-corrected chi connectivity index (χ3v) is 5.24. The minimum Gasteiger partial charge on any atom is -0.495 e. The molecule has 0 fully saturated rings. The van der Waals surface area contributed by atoms with Crippen LogP contribution in [-0.2, 0) is 24.3 Å². The molecule has 0 aromatic heterocycles. The zero-order valence-corrected chi connectivity index (χ0v) is 17.1. The molecule has 29 heavy (non-hydrogen) atoms. The quantitative estimate of drug-likeness (QED) is 0.502. The topological polar surface area (TPSA) is 111 Å². The van der Waals surface area contributed by atoms with Crippen molar-refractivity contribution in [2.75, 3.05) is 26.1 Å². The monoisotopic (exact) mass is 418 g/mol. The number of esters is 1. The molecule has 0 unspecified atom stereocenters. The van der Waals surface area contributed by atoms with Gasteiger partial charge in [0.05, 0.1) is 7.11 Å². The van der Waals surface area contributed by atoms with Crippen LogP contribution >= 0.6 is 0 Å². The molecule has 0 saturated heterocycles. The van der Waals surface area contributed by atoms with E-state index in [0.29, 0.717) is 11.3 Å². The first-order valence-corrected chi connectivity index (χ1v) is 10.1. The standard InChI is InChI=1S/C20H22N2O6S/c1-14-5-4-6-16(11-14)22-19(23)13-28-20(24)10-8-15-7-9-17(27-3)18(12-15)29(25,26)21-2/h4-12,21H,13H2,1-3H3,(H,22,23)/b10-8+. The van der Waals surface area contributed by atoms with Crippen molar-refractivity contribution < 1.29 is 27.5 Å². The molecular formula is C20H22N2O6S. The smallest absolute Gasteiger partial charge is 0.331 e. The molecule has 0 atom stereocenters. The molecule has 0 aliphatic heterocycles. The molecule has 0 spiro atoms. The van der Waals surface area contributed by atoms with Gasteiger partial charge in [0.2, 0.25) is 10.0 Å². The first-order valence-electron chi connectivity index (χ1n) is 8.58. The second-order valence-electron chi connectivity index (χ2n) is 5.98. The van der Waals surface area contributed by atoms with Gasteiger partial charge in [0.25, 0.3) is 5.91 Å². The highest BCUT2D eigenvalue weighted by Crippen LogP contribution is 2.25. The highest BCUT2D eigenvalue weighted by atomic mass is 32.2. The fraction of sp³-hybridized carbons (Fsp3) is 0.200. The molecule has 0 saturated carbocycles. The molecule has 0 bridgehead atoms. The number of methoxy groups -OCH3 is 1. The van der Waals surface area contributed by atoms with Crippen molar-refractivity contribution in [2.24, 2.45) is 0 Å². The number of carbonyl (C=O) groups is 2. The number of rotatable bonds is 8. The molecule has 1 amide bonds. The normalized spacial score (nSPS) is 11.3. The summed E-state index contributed by atoms with van der Waals surface area (Å²) in [4.78, 5) is 23.6. The number of carbonyl (C=O) groups excluding carboxylic acids is 2.